The van der Waals surface area contributed by atoms with Gasteiger partial charge in [0.05, 0.1) is 11.8 Å². The van der Waals surface area contributed by atoms with E-state index in [2.05, 4.69) is 60.6 Å². The first kappa shape index (κ1) is 26.4. The highest BCUT2D eigenvalue weighted by atomic mass is 16.2. The molecule has 0 N–H and O–H groups in total. The van der Waals surface area contributed by atoms with E-state index >= 15 is 0 Å². The highest BCUT2D eigenvalue weighted by Crippen LogP contribution is 2.49. The molecular weight excluding hydrogens is 370 g/mol. The predicted octanol–water partition coefficient (Wildman–Crippen LogP) is 7.07. The predicted molar refractivity (Wildman–Crippen MR) is 127 cm³/mol. The van der Waals surface area contributed by atoms with Crippen LogP contribution in [0, 0.1) is 22.7 Å². The minimum atomic E-state index is -0.282. The zero-order valence-corrected chi connectivity index (χ0v) is 20.9. The van der Waals surface area contributed by atoms with Crippen LogP contribution >= 0.6 is 0 Å². The van der Waals surface area contributed by atoms with Crippen molar-refractivity contribution in [1.82, 2.24) is 4.90 Å². The molecule has 3 unspecified atom stereocenters. The Balaban J connectivity index is 0.00000218. The summed E-state index contributed by atoms with van der Waals surface area (Å²) < 4.78 is 0. The molecule has 3 nitrogen and oxygen atoms in total. The number of carbonyl (C=O) groups is 2. The molecule has 170 valence electrons. The van der Waals surface area contributed by atoms with Gasteiger partial charge < -0.3 is 0 Å². The smallest absolute Gasteiger partial charge is 0.233 e. The average Bonchev–Trinajstić information content (AvgIpc) is 2.92. The summed E-state index contributed by atoms with van der Waals surface area (Å²) in [5, 5.41) is 0. The normalized spacial score (nSPS) is 20.8. The maximum Gasteiger partial charge on any atom is 0.233 e. The number of imide groups is 1. The zero-order valence-electron chi connectivity index (χ0n) is 20.9. The third-order valence-corrected chi connectivity index (χ3v) is 5.85. The van der Waals surface area contributed by atoms with E-state index in [0.717, 1.165) is 25.7 Å². The topological polar surface area (TPSA) is 37.4 Å². The Morgan fingerprint density at radius 2 is 1.47 bits per heavy atom. The van der Waals surface area contributed by atoms with E-state index in [9.17, 15) is 9.59 Å². The molecule has 1 aliphatic rings. The molecule has 1 saturated heterocycles. The summed E-state index contributed by atoms with van der Waals surface area (Å²) in [5.74, 6) is -0.421. The molecule has 1 aromatic carbocycles. The van der Waals surface area contributed by atoms with E-state index in [1.165, 1.54) is 5.56 Å². The number of rotatable bonds is 7. The van der Waals surface area contributed by atoms with Crippen LogP contribution in [0.4, 0.5) is 0 Å². The molecule has 1 aliphatic heterocycles. The van der Waals surface area contributed by atoms with Crippen LogP contribution in [-0.2, 0) is 9.59 Å². The largest absolute Gasteiger partial charge is 0.282 e. The fraction of sp³-hybridized carbons (Fsp3) is 0.704. The minimum Gasteiger partial charge on any atom is -0.282 e. The van der Waals surface area contributed by atoms with Crippen LogP contribution in [0.15, 0.2) is 30.3 Å². The van der Waals surface area contributed by atoms with Gasteiger partial charge in [-0.05, 0) is 35.2 Å². The summed E-state index contributed by atoms with van der Waals surface area (Å²) in [6.07, 6.45) is 3.91. The first-order valence-electron chi connectivity index (χ1n) is 11.9. The number of amides is 2. The van der Waals surface area contributed by atoms with Crippen molar-refractivity contribution in [2.24, 2.45) is 22.7 Å². The molecule has 1 heterocycles. The second-order valence-electron chi connectivity index (χ2n) is 10.7. The Hall–Kier alpha value is -1.64. The number of hydrogen-bond donors (Lipinski definition) is 0. The SMILES string of the molecule is CC.CCCCCN1C(=O)C(C(CC(C)(C)C)c2ccccc2)C(C(C)(C)C)C1=O. The second kappa shape index (κ2) is 11.1. The number of hydrogen-bond acceptors (Lipinski definition) is 2. The molecule has 2 amide bonds. The summed E-state index contributed by atoms with van der Waals surface area (Å²) in [6, 6.07) is 10.3. The van der Waals surface area contributed by atoms with Gasteiger partial charge in [0.2, 0.25) is 11.8 Å². The lowest BCUT2D eigenvalue weighted by atomic mass is 9.65. The van der Waals surface area contributed by atoms with Crippen molar-refractivity contribution in [3.63, 3.8) is 0 Å². The van der Waals surface area contributed by atoms with Gasteiger partial charge in [-0.15, -0.1) is 0 Å². The van der Waals surface area contributed by atoms with Crippen molar-refractivity contribution >= 4 is 11.8 Å². The summed E-state index contributed by atoms with van der Waals surface area (Å²) in [6.45, 7) is 19.7. The van der Waals surface area contributed by atoms with Gasteiger partial charge in [0.15, 0.2) is 0 Å². The molecule has 1 fully saturated rings. The minimum absolute atomic E-state index is 0.0356. The van der Waals surface area contributed by atoms with Gasteiger partial charge in [0, 0.05) is 6.54 Å². The van der Waals surface area contributed by atoms with E-state index in [0.29, 0.717) is 6.54 Å². The summed E-state index contributed by atoms with van der Waals surface area (Å²) in [5.41, 5.74) is 0.997. The fourth-order valence-electron chi connectivity index (χ4n) is 4.62. The van der Waals surface area contributed by atoms with Crippen LogP contribution in [0.5, 0.6) is 0 Å². The van der Waals surface area contributed by atoms with Crippen LogP contribution in [0.1, 0.15) is 99.5 Å². The molecule has 1 aromatic rings. The van der Waals surface area contributed by atoms with E-state index in [1.54, 1.807) is 4.90 Å². The molecule has 0 aromatic heterocycles. The summed E-state index contributed by atoms with van der Waals surface area (Å²) in [7, 11) is 0. The van der Waals surface area contributed by atoms with Gasteiger partial charge in [-0.25, -0.2) is 0 Å². The summed E-state index contributed by atoms with van der Waals surface area (Å²) in [4.78, 5) is 28.5. The molecule has 30 heavy (non-hydrogen) atoms. The fourth-order valence-corrected chi connectivity index (χ4v) is 4.62. The number of nitrogens with zero attached hydrogens (tertiary/aromatic N) is 1. The van der Waals surface area contributed by atoms with E-state index in [-0.39, 0.29) is 40.4 Å². The Morgan fingerprint density at radius 1 is 0.900 bits per heavy atom. The Bertz CT molecular complexity index is 666. The van der Waals surface area contributed by atoms with Gasteiger partial charge in [0.1, 0.15) is 0 Å². The van der Waals surface area contributed by atoms with E-state index < -0.39 is 0 Å². The lowest BCUT2D eigenvalue weighted by Crippen LogP contribution is -2.36. The highest BCUT2D eigenvalue weighted by molar-refractivity contribution is 6.06. The lowest BCUT2D eigenvalue weighted by molar-refractivity contribution is -0.140. The Labute approximate surface area is 185 Å². The van der Waals surface area contributed by atoms with Crippen LogP contribution in [0.3, 0.4) is 0 Å². The molecule has 0 aliphatic carbocycles. The highest BCUT2D eigenvalue weighted by Gasteiger charge is 2.55. The van der Waals surface area contributed by atoms with Crippen molar-refractivity contribution in [3.8, 4) is 0 Å². The van der Waals surface area contributed by atoms with Crippen molar-refractivity contribution in [2.45, 2.75) is 93.9 Å². The summed E-state index contributed by atoms with van der Waals surface area (Å²) >= 11 is 0. The van der Waals surface area contributed by atoms with Gasteiger partial charge in [-0.1, -0.05) is 105 Å². The van der Waals surface area contributed by atoms with Gasteiger partial charge in [-0.2, -0.15) is 0 Å². The van der Waals surface area contributed by atoms with Gasteiger partial charge in [0.25, 0.3) is 0 Å². The number of carbonyl (C=O) groups excluding carboxylic acids is 2. The quantitative estimate of drug-likeness (QED) is 0.353. The van der Waals surface area contributed by atoms with Gasteiger partial charge >= 0.3 is 0 Å². The third-order valence-electron chi connectivity index (χ3n) is 5.85. The van der Waals surface area contributed by atoms with E-state index in [1.807, 2.05) is 32.0 Å². The first-order chi connectivity index (χ1) is 14.0. The van der Waals surface area contributed by atoms with Crippen molar-refractivity contribution < 1.29 is 9.59 Å². The maximum atomic E-state index is 13.6. The monoisotopic (exact) mass is 415 g/mol. The number of likely N-dealkylation sites (tertiary alicyclic amines) is 1. The molecular formula is C27H45NO2. The van der Waals surface area contributed by atoms with Crippen LogP contribution in [0.25, 0.3) is 0 Å². The number of benzene rings is 1. The zero-order chi connectivity index (χ0) is 23.1. The lowest BCUT2D eigenvalue weighted by Gasteiger charge is -2.36. The Kier molecular flexibility index (Phi) is 9.78. The van der Waals surface area contributed by atoms with Crippen molar-refractivity contribution in [1.29, 1.82) is 0 Å². The first-order valence-corrected chi connectivity index (χ1v) is 11.9. The molecule has 3 atom stereocenters. The molecule has 0 saturated carbocycles. The van der Waals surface area contributed by atoms with Crippen LogP contribution in [0.2, 0.25) is 0 Å². The molecule has 0 spiro atoms. The average molecular weight is 416 g/mol. The van der Waals surface area contributed by atoms with Crippen LogP contribution in [-0.4, -0.2) is 23.3 Å². The molecule has 3 heteroatoms. The number of unbranched alkanes of at least 4 members (excludes halogenated alkanes) is 2. The van der Waals surface area contributed by atoms with Crippen molar-refractivity contribution in [2.75, 3.05) is 6.54 Å². The molecule has 0 bridgehead atoms. The molecule has 2 rings (SSSR count). The Morgan fingerprint density at radius 3 is 1.93 bits per heavy atom. The van der Waals surface area contributed by atoms with Crippen molar-refractivity contribution in [3.05, 3.63) is 35.9 Å². The van der Waals surface area contributed by atoms with Crippen LogP contribution < -0.4 is 0 Å². The van der Waals surface area contributed by atoms with Gasteiger partial charge in [-0.3, -0.25) is 14.5 Å². The molecule has 0 radical (unpaired) electrons. The standard InChI is InChI=1S/C25H39NO2.C2H6/c1-8-9-13-16-26-22(27)20(21(23(26)28)25(5,6)7)19(17-24(2,3)4)18-14-11-10-12-15-18;1-2/h10-12,14-15,19-21H,8-9,13,16-17H2,1-7H3;1-2H3. The second-order valence-corrected chi connectivity index (χ2v) is 10.7. The van der Waals surface area contributed by atoms with E-state index in [4.69, 9.17) is 0 Å². The maximum absolute atomic E-state index is 13.6. The third kappa shape index (κ3) is 6.68.